The van der Waals surface area contributed by atoms with E-state index in [1.807, 2.05) is 51.1 Å². The Balaban J connectivity index is 2.23. The number of benzene rings is 1. The molecule has 23 heavy (non-hydrogen) atoms. The second-order valence-electron chi connectivity index (χ2n) is 5.31. The van der Waals surface area contributed by atoms with Crippen LogP contribution in [0.15, 0.2) is 39.9 Å². The van der Waals surface area contributed by atoms with Crippen molar-refractivity contribution in [1.29, 1.82) is 0 Å². The predicted molar refractivity (Wildman–Crippen MR) is 85.8 cm³/mol. The lowest BCUT2D eigenvalue weighted by atomic mass is 10.1. The fourth-order valence-electron chi connectivity index (χ4n) is 2.43. The first-order chi connectivity index (χ1) is 11.0. The van der Waals surface area contributed by atoms with Crippen LogP contribution >= 0.6 is 0 Å². The Hall–Kier alpha value is -3.09. The van der Waals surface area contributed by atoms with Gasteiger partial charge in [-0.2, -0.15) is 5.10 Å². The van der Waals surface area contributed by atoms with E-state index >= 15 is 0 Å². The minimum atomic E-state index is -0.129. The quantitative estimate of drug-likeness (QED) is 0.335. The van der Waals surface area contributed by atoms with Crippen molar-refractivity contribution >= 4 is 5.84 Å². The van der Waals surface area contributed by atoms with Crippen molar-refractivity contribution in [2.45, 2.75) is 20.8 Å². The summed E-state index contributed by atoms with van der Waals surface area (Å²) in [5.74, 6) is 0.590. The number of aromatic nitrogens is 3. The largest absolute Gasteiger partial charge is 0.417 e. The van der Waals surface area contributed by atoms with E-state index < -0.39 is 0 Å². The summed E-state index contributed by atoms with van der Waals surface area (Å²) in [4.78, 5) is 4.40. The molecule has 2 aromatic heterocycles. The topological polar surface area (TPSA) is 102 Å². The van der Waals surface area contributed by atoms with Crippen molar-refractivity contribution in [2.24, 2.45) is 10.9 Å². The fourth-order valence-corrected chi connectivity index (χ4v) is 2.43. The van der Waals surface area contributed by atoms with Crippen molar-refractivity contribution in [2.75, 3.05) is 0 Å². The third kappa shape index (κ3) is 2.57. The number of oxime groups is 1. The van der Waals surface area contributed by atoms with E-state index in [0.29, 0.717) is 11.8 Å². The minimum absolute atomic E-state index is 0.129. The number of hydrogen-bond donors (Lipinski definition) is 2. The van der Waals surface area contributed by atoms with E-state index in [-0.39, 0.29) is 11.5 Å². The lowest BCUT2D eigenvalue weighted by molar-refractivity contribution is 0.318. The van der Waals surface area contributed by atoms with Crippen LogP contribution < -0.4 is 5.73 Å². The maximum absolute atomic E-state index is 9.02. The second-order valence-corrected chi connectivity index (χ2v) is 5.31. The number of nitrogens with zero attached hydrogens (tertiary/aromatic N) is 4. The van der Waals surface area contributed by atoms with Gasteiger partial charge >= 0.3 is 0 Å². The summed E-state index contributed by atoms with van der Waals surface area (Å²) < 4.78 is 7.50. The van der Waals surface area contributed by atoms with Gasteiger partial charge in [0.25, 0.3) is 5.88 Å². The molecule has 0 unspecified atom stereocenters. The van der Waals surface area contributed by atoms with Crippen LogP contribution in [0.4, 0.5) is 0 Å². The number of hydrogen-bond acceptors (Lipinski definition) is 5. The zero-order valence-electron chi connectivity index (χ0n) is 13.1. The summed E-state index contributed by atoms with van der Waals surface area (Å²) >= 11 is 0. The summed E-state index contributed by atoms with van der Waals surface area (Å²) in [6.45, 7) is 5.74. The van der Waals surface area contributed by atoms with E-state index in [1.54, 1.807) is 4.68 Å². The van der Waals surface area contributed by atoms with Gasteiger partial charge in [-0.05, 0) is 38.5 Å². The summed E-state index contributed by atoms with van der Waals surface area (Å²) in [6.07, 6.45) is 0. The van der Waals surface area contributed by atoms with Crippen molar-refractivity contribution in [3.63, 3.8) is 0 Å². The molecule has 7 nitrogen and oxygen atoms in total. The maximum Gasteiger partial charge on any atom is 0.252 e. The number of amidine groups is 1. The molecule has 0 spiro atoms. The standard InChI is InChI=1S/C16H17N5O2/c1-9-6-4-5-7-12(9)15-18-13(14(17)20-22)16(23-15)21-11(3)8-10(2)19-21/h4-8,22H,1-3H3,(H2,17,20). The third-order valence-corrected chi connectivity index (χ3v) is 3.54. The van der Waals surface area contributed by atoms with Crippen LogP contribution in [0, 0.1) is 20.8 Å². The predicted octanol–water partition coefficient (Wildman–Crippen LogP) is 2.55. The van der Waals surface area contributed by atoms with E-state index in [2.05, 4.69) is 15.2 Å². The number of rotatable bonds is 3. The molecule has 0 aliphatic rings. The molecule has 0 saturated heterocycles. The molecular weight excluding hydrogens is 294 g/mol. The average Bonchev–Trinajstić information content (AvgIpc) is 3.10. The van der Waals surface area contributed by atoms with Crippen LogP contribution in [0.5, 0.6) is 0 Å². The number of aryl methyl sites for hydroxylation is 3. The Morgan fingerprint density at radius 2 is 2.00 bits per heavy atom. The first kappa shape index (κ1) is 14.8. The van der Waals surface area contributed by atoms with Crippen LogP contribution in [-0.2, 0) is 0 Å². The highest BCUT2D eigenvalue weighted by Crippen LogP contribution is 2.27. The molecule has 0 atom stereocenters. The molecule has 2 heterocycles. The summed E-state index contributed by atoms with van der Waals surface area (Å²) in [7, 11) is 0. The summed E-state index contributed by atoms with van der Waals surface area (Å²) in [5.41, 5.74) is 9.55. The molecule has 0 aliphatic heterocycles. The van der Waals surface area contributed by atoms with Gasteiger partial charge in [0, 0.05) is 11.3 Å². The first-order valence-electron chi connectivity index (χ1n) is 7.09. The van der Waals surface area contributed by atoms with Crippen LogP contribution in [0.25, 0.3) is 17.3 Å². The smallest absolute Gasteiger partial charge is 0.252 e. The van der Waals surface area contributed by atoms with E-state index in [0.717, 1.165) is 22.5 Å². The van der Waals surface area contributed by atoms with Gasteiger partial charge in [-0.1, -0.05) is 23.4 Å². The molecule has 7 heteroatoms. The molecule has 0 bridgehead atoms. The Bertz CT molecular complexity index is 892. The highest BCUT2D eigenvalue weighted by molar-refractivity contribution is 5.98. The SMILES string of the molecule is Cc1cc(C)n(-c2oc(-c3ccccc3C)nc2/C(N)=N/O)n1. The molecule has 3 rings (SSSR count). The van der Waals surface area contributed by atoms with Crippen LogP contribution in [0.3, 0.4) is 0 Å². The van der Waals surface area contributed by atoms with Gasteiger partial charge < -0.3 is 15.4 Å². The van der Waals surface area contributed by atoms with Gasteiger partial charge in [0.15, 0.2) is 11.5 Å². The molecule has 118 valence electrons. The van der Waals surface area contributed by atoms with Gasteiger partial charge in [-0.25, -0.2) is 9.67 Å². The van der Waals surface area contributed by atoms with Crippen molar-refractivity contribution < 1.29 is 9.62 Å². The lowest BCUT2D eigenvalue weighted by Crippen LogP contribution is -2.17. The molecule has 3 N–H and O–H groups in total. The van der Waals surface area contributed by atoms with Crippen molar-refractivity contribution in [3.05, 3.63) is 53.0 Å². The van der Waals surface area contributed by atoms with Crippen LogP contribution in [0.1, 0.15) is 22.6 Å². The Morgan fingerprint density at radius 1 is 1.26 bits per heavy atom. The molecule has 0 saturated carbocycles. The molecule has 0 aliphatic carbocycles. The third-order valence-electron chi connectivity index (χ3n) is 3.54. The lowest BCUT2D eigenvalue weighted by Gasteiger charge is -2.02. The summed E-state index contributed by atoms with van der Waals surface area (Å²) in [6, 6.07) is 9.62. The fraction of sp³-hybridized carbons (Fsp3) is 0.188. The van der Waals surface area contributed by atoms with Gasteiger partial charge in [-0.3, -0.25) is 0 Å². The zero-order valence-corrected chi connectivity index (χ0v) is 13.1. The Labute approximate surface area is 133 Å². The average molecular weight is 311 g/mol. The molecule has 0 amide bonds. The number of nitrogens with two attached hydrogens (primary N) is 1. The second kappa shape index (κ2) is 5.60. The number of oxazole rings is 1. The monoisotopic (exact) mass is 311 g/mol. The van der Waals surface area contributed by atoms with Gasteiger partial charge in [0.05, 0.1) is 5.69 Å². The van der Waals surface area contributed by atoms with Gasteiger partial charge in [0.1, 0.15) is 0 Å². The minimum Gasteiger partial charge on any atom is -0.417 e. The van der Waals surface area contributed by atoms with Crippen LogP contribution in [-0.4, -0.2) is 25.8 Å². The normalized spacial score (nSPS) is 11.9. The van der Waals surface area contributed by atoms with E-state index in [4.69, 9.17) is 15.4 Å². The molecular formula is C16H17N5O2. The van der Waals surface area contributed by atoms with E-state index in [9.17, 15) is 0 Å². The molecule has 1 aromatic carbocycles. The highest BCUT2D eigenvalue weighted by Gasteiger charge is 2.22. The van der Waals surface area contributed by atoms with Gasteiger partial charge in [-0.15, -0.1) is 0 Å². The molecule has 0 radical (unpaired) electrons. The summed E-state index contributed by atoms with van der Waals surface area (Å²) in [5, 5.41) is 16.4. The van der Waals surface area contributed by atoms with Crippen molar-refractivity contribution in [1.82, 2.24) is 14.8 Å². The Morgan fingerprint density at radius 3 is 2.61 bits per heavy atom. The highest BCUT2D eigenvalue weighted by atomic mass is 16.4. The van der Waals surface area contributed by atoms with Crippen LogP contribution in [0.2, 0.25) is 0 Å². The van der Waals surface area contributed by atoms with Gasteiger partial charge in [0.2, 0.25) is 5.89 Å². The van der Waals surface area contributed by atoms with Crippen molar-refractivity contribution in [3.8, 4) is 17.3 Å². The zero-order chi connectivity index (χ0) is 16.6. The molecule has 0 fully saturated rings. The maximum atomic E-state index is 9.02. The van der Waals surface area contributed by atoms with E-state index in [1.165, 1.54) is 0 Å². The molecule has 3 aromatic rings. The first-order valence-corrected chi connectivity index (χ1v) is 7.09. The Kier molecular flexibility index (Phi) is 3.61.